The lowest BCUT2D eigenvalue weighted by atomic mass is 10.1. The van der Waals surface area contributed by atoms with E-state index in [9.17, 15) is 4.79 Å². The third-order valence-corrected chi connectivity index (χ3v) is 5.57. The Morgan fingerprint density at radius 2 is 1.66 bits per heavy atom. The third kappa shape index (κ3) is 6.84. The van der Waals surface area contributed by atoms with E-state index in [1.165, 1.54) is 11.1 Å². The van der Waals surface area contributed by atoms with Gasteiger partial charge in [-0.15, -0.1) is 0 Å². The van der Waals surface area contributed by atoms with Crippen LogP contribution in [0.3, 0.4) is 0 Å². The van der Waals surface area contributed by atoms with Gasteiger partial charge in [-0.3, -0.25) is 14.6 Å². The van der Waals surface area contributed by atoms with Crippen molar-refractivity contribution < 1.29 is 4.79 Å². The molecule has 1 aliphatic heterocycles. The summed E-state index contributed by atoms with van der Waals surface area (Å²) in [5, 5.41) is 3.14. The summed E-state index contributed by atoms with van der Waals surface area (Å²) >= 11 is 0. The lowest BCUT2D eigenvalue weighted by molar-refractivity contribution is -0.123. The summed E-state index contributed by atoms with van der Waals surface area (Å²) in [5.74, 6) is 0.106. The minimum atomic E-state index is 0.0396. The predicted octanol–water partition coefficient (Wildman–Crippen LogP) is 3.76. The summed E-state index contributed by atoms with van der Waals surface area (Å²) in [5.41, 5.74) is 3.72. The predicted molar refractivity (Wildman–Crippen MR) is 121 cm³/mol. The number of rotatable bonds is 8. The van der Waals surface area contributed by atoms with Gasteiger partial charge < -0.3 is 5.32 Å². The van der Waals surface area contributed by atoms with Crippen LogP contribution in [-0.4, -0.2) is 55.0 Å². The quantitative estimate of drug-likeness (QED) is 0.744. The molecule has 2 aromatic rings. The Kier molecular flexibility index (Phi) is 8.03. The molecule has 0 aromatic heterocycles. The first-order chi connectivity index (χ1) is 14.1. The molecule has 1 aliphatic rings. The zero-order valence-corrected chi connectivity index (χ0v) is 17.7. The van der Waals surface area contributed by atoms with Crippen LogP contribution in [0.25, 0.3) is 6.08 Å². The first-order valence-corrected chi connectivity index (χ1v) is 10.7. The van der Waals surface area contributed by atoms with Gasteiger partial charge in [0.1, 0.15) is 0 Å². The Morgan fingerprint density at radius 1 is 1.00 bits per heavy atom. The lowest BCUT2D eigenvalue weighted by Gasteiger charge is -2.33. The topological polar surface area (TPSA) is 35.6 Å². The van der Waals surface area contributed by atoms with Gasteiger partial charge in [0.2, 0.25) is 5.91 Å². The largest absolute Gasteiger partial charge is 0.348 e. The number of aryl methyl sites for hydroxylation is 1. The van der Waals surface area contributed by atoms with Crippen molar-refractivity contribution in [2.45, 2.75) is 26.3 Å². The molecule has 4 nitrogen and oxygen atoms in total. The molecule has 1 atom stereocenters. The van der Waals surface area contributed by atoms with Crippen LogP contribution in [0.5, 0.6) is 0 Å². The fourth-order valence-electron chi connectivity index (χ4n) is 3.65. The van der Waals surface area contributed by atoms with Crippen molar-refractivity contribution >= 4 is 12.0 Å². The van der Waals surface area contributed by atoms with Gasteiger partial charge in [-0.05, 0) is 30.0 Å². The third-order valence-electron chi connectivity index (χ3n) is 5.57. The summed E-state index contributed by atoms with van der Waals surface area (Å²) < 4.78 is 0. The molecule has 1 saturated heterocycles. The Bertz CT molecular complexity index is 777. The molecular weight excluding hydrogens is 358 g/mol. The summed E-state index contributed by atoms with van der Waals surface area (Å²) in [6, 6.07) is 18.9. The Balaban J connectivity index is 1.37. The number of nitrogens with zero attached hydrogens (tertiary/aromatic N) is 2. The fraction of sp³-hybridized carbons (Fsp3) is 0.400. The molecule has 3 rings (SSSR count). The van der Waals surface area contributed by atoms with Crippen molar-refractivity contribution in [3.05, 3.63) is 77.4 Å². The molecule has 0 bridgehead atoms. The molecule has 0 aliphatic carbocycles. The Hall–Kier alpha value is -2.43. The standard InChI is InChI=1S/C25H33N3O/c1-3-22-11-13-24(14-12-22)21(2)26-25(29)20-28-18-16-27(17-19-28)15-7-10-23-8-5-4-6-9-23/h4-14,21H,3,15-20H2,1-2H3,(H,26,29)/b10-7+/t21-/m0/s1. The van der Waals surface area contributed by atoms with Crippen LogP contribution in [0, 0.1) is 0 Å². The molecule has 0 radical (unpaired) electrons. The number of hydrogen-bond acceptors (Lipinski definition) is 3. The molecule has 1 amide bonds. The number of benzene rings is 2. The molecule has 1 fully saturated rings. The van der Waals surface area contributed by atoms with Crippen LogP contribution in [0.4, 0.5) is 0 Å². The van der Waals surface area contributed by atoms with E-state index < -0.39 is 0 Å². The fourth-order valence-corrected chi connectivity index (χ4v) is 3.65. The molecular formula is C25H33N3O. The van der Waals surface area contributed by atoms with Gasteiger partial charge in [0.05, 0.1) is 12.6 Å². The number of nitrogens with one attached hydrogen (secondary N) is 1. The number of carbonyl (C=O) groups excluding carboxylic acids is 1. The molecule has 4 heteroatoms. The van der Waals surface area contributed by atoms with E-state index in [4.69, 9.17) is 0 Å². The highest BCUT2D eigenvalue weighted by Gasteiger charge is 2.19. The summed E-state index contributed by atoms with van der Waals surface area (Å²) in [6.45, 7) is 9.51. The minimum absolute atomic E-state index is 0.0396. The van der Waals surface area contributed by atoms with E-state index in [1.807, 2.05) is 6.07 Å². The minimum Gasteiger partial charge on any atom is -0.348 e. The van der Waals surface area contributed by atoms with Crippen molar-refractivity contribution in [2.75, 3.05) is 39.3 Å². The van der Waals surface area contributed by atoms with Crippen molar-refractivity contribution in [1.29, 1.82) is 0 Å². The summed E-state index contributed by atoms with van der Waals surface area (Å²) in [6.07, 6.45) is 5.44. The number of piperazine rings is 1. The van der Waals surface area contributed by atoms with Crippen LogP contribution >= 0.6 is 0 Å². The Morgan fingerprint density at radius 3 is 2.31 bits per heavy atom. The Labute approximate surface area is 175 Å². The van der Waals surface area contributed by atoms with Crippen LogP contribution in [0.15, 0.2) is 60.7 Å². The summed E-state index contributed by atoms with van der Waals surface area (Å²) in [4.78, 5) is 17.1. The highest BCUT2D eigenvalue weighted by molar-refractivity contribution is 5.78. The van der Waals surface area contributed by atoms with Crippen molar-refractivity contribution in [3.63, 3.8) is 0 Å². The molecule has 2 aromatic carbocycles. The molecule has 154 valence electrons. The lowest BCUT2D eigenvalue weighted by Crippen LogP contribution is -2.49. The zero-order chi connectivity index (χ0) is 20.5. The SMILES string of the molecule is CCc1ccc([C@H](C)NC(=O)CN2CCN(C/C=C/c3ccccc3)CC2)cc1. The first kappa shape index (κ1) is 21.3. The van der Waals surface area contributed by atoms with Gasteiger partial charge in [-0.2, -0.15) is 0 Å². The van der Waals surface area contributed by atoms with Crippen LogP contribution in [-0.2, 0) is 11.2 Å². The number of hydrogen-bond donors (Lipinski definition) is 1. The molecule has 29 heavy (non-hydrogen) atoms. The van der Waals surface area contributed by atoms with E-state index in [0.29, 0.717) is 6.54 Å². The molecule has 0 spiro atoms. The van der Waals surface area contributed by atoms with Gasteiger partial charge in [0.15, 0.2) is 0 Å². The van der Waals surface area contributed by atoms with Crippen molar-refractivity contribution in [2.24, 2.45) is 0 Å². The molecule has 1 heterocycles. The van der Waals surface area contributed by atoms with E-state index >= 15 is 0 Å². The maximum absolute atomic E-state index is 12.5. The van der Waals surface area contributed by atoms with E-state index in [0.717, 1.165) is 44.7 Å². The zero-order valence-electron chi connectivity index (χ0n) is 17.7. The average molecular weight is 392 g/mol. The second-order valence-corrected chi connectivity index (χ2v) is 7.77. The van der Waals surface area contributed by atoms with Crippen LogP contribution < -0.4 is 5.32 Å². The van der Waals surface area contributed by atoms with Gasteiger partial charge in [0, 0.05) is 32.7 Å². The molecule has 0 unspecified atom stereocenters. The molecule has 1 N–H and O–H groups in total. The maximum Gasteiger partial charge on any atom is 0.234 e. The van der Waals surface area contributed by atoms with Crippen molar-refractivity contribution in [3.8, 4) is 0 Å². The number of amides is 1. The first-order valence-electron chi connectivity index (χ1n) is 10.7. The van der Waals surface area contributed by atoms with Gasteiger partial charge in [-0.1, -0.05) is 73.7 Å². The highest BCUT2D eigenvalue weighted by Crippen LogP contribution is 2.14. The second kappa shape index (κ2) is 10.9. The second-order valence-electron chi connectivity index (χ2n) is 7.77. The van der Waals surface area contributed by atoms with Gasteiger partial charge in [-0.25, -0.2) is 0 Å². The van der Waals surface area contributed by atoms with Crippen molar-refractivity contribution in [1.82, 2.24) is 15.1 Å². The monoisotopic (exact) mass is 391 g/mol. The average Bonchev–Trinajstić information content (AvgIpc) is 2.75. The smallest absolute Gasteiger partial charge is 0.234 e. The molecule has 0 saturated carbocycles. The van der Waals surface area contributed by atoms with Crippen LogP contribution in [0.1, 0.15) is 36.6 Å². The van der Waals surface area contributed by atoms with Crippen LogP contribution in [0.2, 0.25) is 0 Å². The van der Waals surface area contributed by atoms with E-state index in [-0.39, 0.29) is 11.9 Å². The maximum atomic E-state index is 12.5. The van der Waals surface area contributed by atoms with Gasteiger partial charge in [0.25, 0.3) is 0 Å². The highest BCUT2D eigenvalue weighted by atomic mass is 16.2. The van der Waals surface area contributed by atoms with Gasteiger partial charge >= 0.3 is 0 Å². The normalized spacial score (nSPS) is 16.8. The summed E-state index contributed by atoms with van der Waals surface area (Å²) in [7, 11) is 0. The number of carbonyl (C=O) groups is 1. The van der Waals surface area contributed by atoms with E-state index in [2.05, 4.69) is 89.6 Å². The van der Waals surface area contributed by atoms with E-state index in [1.54, 1.807) is 0 Å².